The van der Waals surface area contributed by atoms with Crippen LogP contribution in [0.4, 0.5) is 0 Å². The molecule has 18 heteroatoms. The first-order valence-corrected chi connectivity index (χ1v) is 23.5. The quantitative estimate of drug-likeness (QED) is 0.0760. The van der Waals surface area contributed by atoms with Crippen LogP contribution in [0, 0.1) is 0 Å². The average Bonchev–Trinajstić information content (AvgIpc) is 2.85. The van der Waals surface area contributed by atoms with Gasteiger partial charge in [-0.25, -0.2) is 25.9 Å². The molecule has 2 saturated heterocycles. The largest absolute Gasteiger partial charge is 0.345 e. The molecule has 5 unspecified atom stereocenters. The van der Waals surface area contributed by atoms with E-state index in [0.29, 0.717) is 6.42 Å². The molecule has 2 aliphatic rings. The summed E-state index contributed by atoms with van der Waals surface area (Å²) in [7, 11) is -23.6. The summed E-state index contributed by atoms with van der Waals surface area (Å²) in [5.74, 6) is 0. The minimum absolute atomic E-state index is 0.0339. The maximum absolute atomic E-state index is 13.3. The molecule has 2 aliphatic heterocycles. The highest BCUT2D eigenvalue weighted by molar-refractivity contribution is 7.81. The van der Waals surface area contributed by atoms with Crippen LogP contribution in [0.15, 0.2) is 62.3 Å². The number of hydrogen-bond donors (Lipinski definition) is 0. The lowest BCUT2D eigenvalue weighted by atomic mass is 10.3. The third-order valence-corrected chi connectivity index (χ3v) is 22.3. The van der Waals surface area contributed by atoms with Gasteiger partial charge in [-0.15, -0.1) is 19.7 Å². The molecule has 0 aromatic carbocycles. The first-order valence-electron chi connectivity index (χ1n) is 13.2. The van der Waals surface area contributed by atoms with Gasteiger partial charge in [0.25, 0.3) is 0 Å². The van der Waals surface area contributed by atoms with Crippen LogP contribution in [-0.2, 0) is 53.3 Å². The fourth-order valence-electron chi connectivity index (χ4n) is 3.55. The SMILES string of the molecule is C=CCCP1(=O)OP(=O)(CCC)OP(=O)(CC/C=C/C=C/CCP2(=O)OP(=O)(CCC=C)OP(=O)(CCC=C)O2)O1. The van der Waals surface area contributed by atoms with E-state index in [9.17, 15) is 27.4 Å². The summed E-state index contributed by atoms with van der Waals surface area (Å²) in [6.07, 6.45) is 11.9. The van der Waals surface area contributed by atoms with E-state index in [1.54, 1.807) is 31.2 Å². The van der Waals surface area contributed by atoms with Gasteiger partial charge in [-0.3, -0.25) is 27.4 Å². The van der Waals surface area contributed by atoms with Crippen molar-refractivity contribution in [2.24, 2.45) is 0 Å². The van der Waals surface area contributed by atoms with Gasteiger partial charge in [0.2, 0.25) is 0 Å². The summed E-state index contributed by atoms with van der Waals surface area (Å²) < 4.78 is 110. The Hall–Kier alpha value is -0.160. The highest BCUT2D eigenvalue weighted by atomic mass is 31.3. The standard InChI is InChI=1S/C23H40O12P6/c1-5-9-19-37(25)30-36(24,18-8-4)31-40(28,33-37)22-16-14-12-13-15-17-23-41(29)34-38(26,20-10-6-2)32-39(27,35-41)21-11-7-3/h5-7,12-15H,1-3,8-11,16-23H2,4H3/b14-12+,15-13+. The van der Waals surface area contributed by atoms with E-state index in [-0.39, 0.29) is 69.1 Å². The van der Waals surface area contributed by atoms with Crippen molar-refractivity contribution >= 4 is 45.6 Å². The zero-order chi connectivity index (χ0) is 30.7. The molecule has 0 saturated carbocycles. The maximum Gasteiger partial charge on any atom is 0.345 e. The third-order valence-electron chi connectivity index (χ3n) is 5.33. The second kappa shape index (κ2) is 16.2. The van der Waals surface area contributed by atoms with Gasteiger partial charge < -0.3 is 0 Å². The van der Waals surface area contributed by atoms with Crippen molar-refractivity contribution in [1.82, 2.24) is 0 Å². The van der Waals surface area contributed by atoms with Crippen molar-refractivity contribution in [2.45, 2.75) is 45.4 Å². The topological polar surface area (TPSA) is 158 Å². The van der Waals surface area contributed by atoms with Crippen molar-refractivity contribution in [3.63, 3.8) is 0 Å². The van der Waals surface area contributed by atoms with E-state index >= 15 is 0 Å². The van der Waals surface area contributed by atoms with Gasteiger partial charge in [0.1, 0.15) is 0 Å². The Labute approximate surface area is 243 Å². The molecule has 234 valence electrons. The fraction of sp³-hybridized carbons (Fsp3) is 0.565. The Bertz CT molecular complexity index is 1250. The normalized spacial score (nSPS) is 37.8. The summed E-state index contributed by atoms with van der Waals surface area (Å²) in [4.78, 5) is 0. The van der Waals surface area contributed by atoms with Crippen molar-refractivity contribution in [2.75, 3.05) is 37.0 Å². The van der Waals surface area contributed by atoms with Gasteiger partial charge in [-0.2, -0.15) is 0 Å². The highest BCUT2D eigenvalue weighted by Gasteiger charge is 2.52. The lowest BCUT2D eigenvalue weighted by Gasteiger charge is -2.34. The predicted octanol–water partition coefficient (Wildman–Crippen LogP) is 10.3. The fourth-order valence-corrected chi connectivity index (χ4v) is 21.9. The zero-order valence-electron chi connectivity index (χ0n) is 23.2. The van der Waals surface area contributed by atoms with Gasteiger partial charge in [-0.1, -0.05) is 49.5 Å². The van der Waals surface area contributed by atoms with E-state index < -0.39 is 45.6 Å². The molecule has 0 amide bonds. The highest BCUT2D eigenvalue weighted by Crippen LogP contribution is 2.83. The molecule has 41 heavy (non-hydrogen) atoms. The van der Waals surface area contributed by atoms with Crippen LogP contribution in [0.25, 0.3) is 0 Å². The number of rotatable bonds is 18. The van der Waals surface area contributed by atoms with Crippen molar-refractivity contribution in [1.29, 1.82) is 0 Å². The Morgan fingerprint density at radius 2 is 0.683 bits per heavy atom. The molecule has 0 N–H and O–H groups in total. The number of hydrogen-bond acceptors (Lipinski definition) is 12. The van der Waals surface area contributed by atoms with E-state index in [1.807, 2.05) is 0 Å². The molecule has 0 radical (unpaired) electrons. The summed E-state index contributed by atoms with van der Waals surface area (Å²) >= 11 is 0. The van der Waals surface area contributed by atoms with Crippen LogP contribution < -0.4 is 0 Å². The van der Waals surface area contributed by atoms with Crippen LogP contribution in [0.5, 0.6) is 0 Å². The molecule has 0 aliphatic carbocycles. The molecular weight excluding hydrogens is 654 g/mol. The maximum atomic E-state index is 13.3. The average molecular weight is 694 g/mol. The van der Waals surface area contributed by atoms with Gasteiger partial charge in [0, 0.05) is 0 Å². The van der Waals surface area contributed by atoms with Crippen LogP contribution in [0.2, 0.25) is 0 Å². The molecule has 12 nitrogen and oxygen atoms in total. The Morgan fingerprint density at radius 1 is 0.439 bits per heavy atom. The smallest absolute Gasteiger partial charge is 0.259 e. The van der Waals surface area contributed by atoms with E-state index in [2.05, 4.69) is 19.7 Å². The molecule has 0 spiro atoms. The minimum Gasteiger partial charge on any atom is -0.259 e. The van der Waals surface area contributed by atoms with E-state index in [1.165, 1.54) is 18.2 Å². The molecule has 2 rings (SSSR count). The summed E-state index contributed by atoms with van der Waals surface area (Å²) in [5.41, 5.74) is 0. The van der Waals surface area contributed by atoms with E-state index in [0.717, 1.165) is 0 Å². The third kappa shape index (κ3) is 12.4. The minimum atomic E-state index is -4.00. The lowest BCUT2D eigenvalue weighted by molar-refractivity contribution is 0.273. The van der Waals surface area contributed by atoms with E-state index in [4.69, 9.17) is 25.9 Å². The van der Waals surface area contributed by atoms with Crippen LogP contribution in [0.1, 0.15) is 45.4 Å². The summed E-state index contributed by atoms with van der Waals surface area (Å²) in [6.45, 7) is 12.4. The molecular formula is C23H40O12P6. The molecule has 2 fully saturated rings. The zero-order valence-corrected chi connectivity index (χ0v) is 28.6. The predicted molar refractivity (Wildman–Crippen MR) is 164 cm³/mol. The molecule has 5 atom stereocenters. The van der Waals surface area contributed by atoms with Gasteiger partial charge in [0.15, 0.2) is 0 Å². The molecule has 0 bridgehead atoms. The van der Waals surface area contributed by atoms with Crippen LogP contribution in [-0.4, -0.2) is 37.0 Å². The van der Waals surface area contributed by atoms with Gasteiger partial charge in [0.05, 0.1) is 37.0 Å². The van der Waals surface area contributed by atoms with Crippen molar-refractivity contribution < 1.29 is 53.3 Å². The van der Waals surface area contributed by atoms with Gasteiger partial charge >= 0.3 is 45.6 Å². The molecule has 0 aromatic rings. The Morgan fingerprint density at radius 3 is 0.927 bits per heavy atom. The summed E-state index contributed by atoms with van der Waals surface area (Å²) in [5, 5.41) is 0. The first-order chi connectivity index (χ1) is 19.2. The summed E-state index contributed by atoms with van der Waals surface area (Å²) in [6, 6.07) is 0. The lowest BCUT2D eigenvalue weighted by Crippen LogP contribution is -2.10. The Balaban J connectivity index is 1.97. The monoisotopic (exact) mass is 694 g/mol. The Kier molecular flexibility index (Phi) is 14.7. The second-order valence-electron chi connectivity index (χ2n) is 9.16. The van der Waals surface area contributed by atoms with Crippen LogP contribution >= 0.6 is 45.6 Å². The number of allylic oxidation sites excluding steroid dienone is 7. The van der Waals surface area contributed by atoms with Crippen molar-refractivity contribution in [3.05, 3.63) is 62.3 Å². The second-order valence-corrected chi connectivity index (χ2v) is 23.1. The molecule has 0 aromatic heterocycles. The van der Waals surface area contributed by atoms with Crippen LogP contribution in [0.3, 0.4) is 0 Å². The van der Waals surface area contributed by atoms with Crippen molar-refractivity contribution in [3.8, 4) is 0 Å². The first kappa shape index (κ1) is 37.0. The molecule has 2 heterocycles. The van der Waals surface area contributed by atoms with Gasteiger partial charge in [-0.05, 0) is 38.5 Å².